The van der Waals surface area contributed by atoms with Gasteiger partial charge in [0.1, 0.15) is 0 Å². The minimum atomic E-state index is -3.66. The summed E-state index contributed by atoms with van der Waals surface area (Å²) in [4.78, 5) is 15.5. The maximum Gasteiger partial charge on any atom is 0.239 e. The smallest absolute Gasteiger partial charge is 0.239 e. The van der Waals surface area contributed by atoms with Gasteiger partial charge < -0.3 is 5.32 Å². The van der Waals surface area contributed by atoms with Crippen LogP contribution in [0.1, 0.15) is 5.56 Å². The Bertz CT molecular complexity index is 751. The SMILES string of the molecule is O=C(CNS(=O)(=O)Cc1ccccc1Cl)Nc1cccnc1. The lowest BCUT2D eigenvalue weighted by Gasteiger charge is -2.08. The molecule has 0 saturated heterocycles. The van der Waals surface area contributed by atoms with E-state index in [4.69, 9.17) is 11.6 Å². The van der Waals surface area contributed by atoms with E-state index in [1.807, 2.05) is 0 Å². The average molecular weight is 340 g/mol. The topological polar surface area (TPSA) is 88.2 Å². The van der Waals surface area contributed by atoms with E-state index in [1.165, 1.54) is 6.20 Å². The summed E-state index contributed by atoms with van der Waals surface area (Å²) in [5, 5.41) is 2.90. The van der Waals surface area contributed by atoms with Gasteiger partial charge in [0.05, 0.1) is 24.2 Å². The molecule has 0 radical (unpaired) electrons. The fourth-order valence-electron chi connectivity index (χ4n) is 1.69. The second-order valence-electron chi connectivity index (χ2n) is 4.46. The van der Waals surface area contributed by atoms with Gasteiger partial charge in [0.2, 0.25) is 15.9 Å². The maximum absolute atomic E-state index is 11.9. The summed E-state index contributed by atoms with van der Waals surface area (Å²) in [6, 6.07) is 9.97. The lowest BCUT2D eigenvalue weighted by atomic mass is 10.2. The molecular formula is C14H14ClN3O3S. The van der Waals surface area contributed by atoms with Crippen molar-refractivity contribution in [2.45, 2.75) is 5.75 Å². The van der Waals surface area contributed by atoms with Crippen molar-refractivity contribution in [3.63, 3.8) is 0 Å². The van der Waals surface area contributed by atoms with Crippen LogP contribution in [0.15, 0.2) is 48.8 Å². The highest BCUT2D eigenvalue weighted by Crippen LogP contribution is 2.17. The Balaban J connectivity index is 1.90. The van der Waals surface area contributed by atoms with Gasteiger partial charge in [-0.05, 0) is 23.8 Å². The third-order valence-electron chi connectivity index (χ3n) is 2.70. The Kier molecular flexibility index (Phi) is 5.48. The number of benzene rings is 1. The molecule has 0 aliphatic rings. The first-order valence-electron chi connectivity index (χ1n) is 6.37. The largest absolute Gasteiger partial charge is 0.324 e. The van der Waals surface area contributed by atoms with E-state index in [9.17, 15) is 13.2 Å². The number of sulfonamides is 1. The van der Waals surface area contributed by atoms with Crippen LogP contribution in [0.4, 0.5) is 5.69 Å². The monoisotopic (exact) mass is 339 g/mol. The van der Waals surface area contributed by atoms with E-state index in [0.717, 1.165) is 0 Å². The molecule has 2 rings (SSSR count). The van der Waals surface area contributed by atoms with Crippen LogP contribution >= 0.6 is 11.6 Å². The molecular weight excluding hydrogens is 326 g/mol. The van der Waals surface area contributed by atoms with Crippen molar-refractivity contribution in [3.8, 4) is 0 Å². The van der Waals surface area contributed by atoms with Crippen molar-refractivity contribution in [3.05, 3.63) is 59.4 Å². The molecule has 116 valence electrons. The molecule has 8 heteroatoms. The Morgan fingerprint density at radius 2 is 1.95 bits per heavy atom. The summed E-state index contributed by atoms with van der Waals surface area (Å²) < 4.78 is 26.1. The zero-order valence-electron chi connectivity index (χ0n) is 11.5. The molecule has 1 aromatic carbocycles. The number of halogens is 1. The van der Waals surface area contributed by atoms with Gasteiger partial charge in [-0.1, -0.05) is 29.8 Å². The lowest BCUT2D eigenvalue weighted by molar-refractivity contribution is -0.115. The predicted molar refractivity (Wildman–Crippen MR) is 84.9 cm³/mol. The number of amides is 1. The van der Waals surface area contributed by atoms with E-state index in [1.54, 1.807) is 42.6 Å². The summed E-state index contributed by atoms with van der Waals surface area (Å²) in [5.74, 6) is -0.761. The summed E-state index contributed by atoms with van der Waals surface area (Å²) in [7, 11) is -3.66. The average Bonchev–Trinajstić information content (AvgIpc) is 2.49. The third-order valence-corrected chi connectivity index (χ3v) is 4.35. The molecule has 2 N–H and O–H groups in total. The first kappa shape index (κ1) is 16.4. The van der Waals surface area contributed by atoms with E-state index < -0.39 is 15.9 Å². The molecule has 1 amide bonds. The number of carbonyl (C=O) groups excluding carboxylic acids is 1. The number of hydrogen-bond donors (Lipinski definition) is 2. The summed E-state index contributed by atoms with van der Waals surface area (Å²) >= 11 is 5.92. The van der Waals surface area contributed by atoms with E-state index in [0.29, 0.717) is 16.3 Å². The number of pyridine rings is 1. The Morgan fingerprint density at radius 1 is 1.18 bits per heavy atom. The fourth-order valence-corrected chi connectivity index (χ4v) is 3.08. The molecule has 0 aliphatic carbocycles. The van der Waals surface area contributed by atoms with Crippen molar-refractivity contribution >= 4 is 33.2 Å². The van der Waals surface area contributed by atoms with Crippen LogP contribution in [0.5, 0.6) is 0 Å². The summed E-state index contributed by atoms with van der Waals surface area (Å²) in [6.45, 7) is -0.359. The second kappa shape index (κ2) is 7.35. The van der Waals surface area contributed by atoms with Crippen LogP contribution in [-0.2, 0) is 20.6 Å². The molecule has 1 heterocycles. The molecule has 2 aromatic rings. The molecule has 0 aliphatic heterocycles. The number of nitrogens with one attached hydrogen (secondary N) is 2. The van der Waals surface area contributed by atoms with E-state index >= 15 is 0 Å². The standard InChI is InChI=1S/C14H14ClN3O3S/c15-13-6-2-1-4-11(13)10-22(20,21)17-9-14(19)18-12-5-3-7-16-8-12/h1-8,17H,9-10H2,(H,18,19). The first-order chi connectivity index (χ1) is 10.5. The van der Waals surface area contributed by atoms with Gasteiger partial charge in [-0.2, -0.15) is 0 Å². The minimum Gasteiger partial charge on any atom is -0.324 e. The van der Waals surface area contributed by atoms with Gasteiger partial charge >= 0.3 is 0 Å². The molecule has 0 fully saturated rings. The fraction of sp³-hybridized carbons (Fsp3) is 0.143. The number of aromatic nitrogens is 1. The lowest BCUT2D eigenvalue weighted by Crippen LogP contribution is -2.33. The third kappa shape index (κ3) is 5.10. The zero-order valence-corrected chi connectivity index (χ0v) is 13.1. The quantitative estimate of drug-likeness (QED) is 0.839. The number of rotatable bonds is 6. The predicted octanol–water partition coefficient (Wildman–Crippen LogP) is 1.79. The van der Waals surface area contributed by atoms with Crippen molar-refractivity contribution in [1.82, 2.24) is 9.71 Å². The van der Waals surface area contributed by atoms with Crippen LogP contribution in [0.25, 0.3) is 0 Å². The van der Waals surface area contributed by atoms with Crippen molar-refractivity contribution < 1.29 is 13.2 Å². The Hall–Kier alpha value is -1.96. The molecule has 0 spiro atoms. The zero-order chi connectivity index (χ0) is 16.0. The normalized spacial score (nSPS) is 11.1. The van der Waals surface area contributed by atoms with Crippen LogP contribution in [0.2, 0.25) is 5.02 Å². The number of anilines is 1. The first-order valence-corrected chi connectivity index (χ1v) is 8.40. The maximum atomic E-state index is 11.9. The van der Waals surface area contributed by atoms with Gasteiger partial charge in [-0.3, -0.25) is 9.78 Å². The van der Waals surface area contributed by atoms with Crippen LogP contribution in [0, 0.1) is 0 Å². The van der Waals surface area contributed by atoms with Crippen molar-refractivity contribution in [2.24, 2.45) is 0 Å². The summed E-state index contributed by atoms with van der Waals surface area (Å²) in [6.07, 6.45) is 3.04. The van der Waals surface area contributed by atoms with E-state index in [-0.39, 0.29) is 12.3 Å². The van der Waals surface area contributed by atoms with Gasteiger partial charge in [0, 0.05) is 11.2 Å². The summed E-state index contributed by atoms with van der Waals surface area (Å²) in [5.41, 5.74) is 0.974. The molecule has 1 aromatic heterocycles. The van der Waals surface area contributed by atoms with Crippen LogP contribution in [-0.4, -0.2) is 25.9 Å². The molecule has 0 unspecified atom stereocenters. The second-order valence-corrected chi connectivity index (χ2v) is 6.68. The minimum absolute atomic E-state index is 0.285. The Morgan fingerprint density at radius 3 is 2.64 bits per heavy atom. The number of carbonyl (C=O) groups is 1. The molecule has 0 saturated carbocycles. The Labute approximate surface area is 133 Å². The molecule has 0 atom stereocenters. The van der Waals surface area contributed by atoms with Crippen LogP contribution in [0.3, 0.4) is 0 Å². The van der Waals surface area contributed by atoms with E-state index in [2.05, 4.69) is 15.0 Å². The molecule has 6 nitrogen and oxygen atoms in total. The van der Waals surface area contributed by atoms with Gasteiger partial charge in [-0.25, -0.2) is 13.1 Å². The van der Waals surface area contributed by atoms with Gasteiger partial charge in [-0.15, -0.1) is 0 Å². The van der Waals surface area contributed by atoms with Crippen molar-refractivity contribution in [1.29, 1.82) is 0 Å². The van der Waals surface area contributed by atoms with Crippen LogP contribution < -0.4 is 10.0 Å². The van der Waals surface area contributed by atoms with Crippen molar-refractivity contribution in [2.75, 3.05) is 11.9 Å². The highest BCUT2D eigenvalue weighted by Gasteiger charge is 2.15. The van der Waals surface area contributed by atoms with Gasteiger partial charge in [0.15, 0.2) is 0 Å². The highest BCUT2D eigenvalue weighted by molar-refractivity contribution is 7.88. The molecule has 22 heavy (non-hydrogen) atoms. The molecule has 0 bridgehead atoms. The number of hydrogen-bond acceptors (Lipinski definition) is 4. The van der Waals surface area contributed by atoms with Gasteiger partial charge in [0.25, 0.3) is 0 Å². The number of nitrogens with zero attached hydrogens (tertiary/aromatic N) is 1. The highest BCUT2D eigenvalue weighted by atomic mass is 35.5.